The lowest BCUT2D eigenvalue weighted by atomic mass is 10.1. The van der Waals surface area contributed by atoms with Crippen LogP contribution in [0.5, 0.6) is 0 Å². The van der Waals surface area contributed by atoms with E-state index in [4.69, 9.17) is 4.74 Å². The van der Waals surface area contributed by atoms with E-state index in [2.05, 4.69) is 6.58 Å². The lowest BCUT2D eigenvalue weighted by molar-refractivity contribution is -0.129. The van der Waals surface area contributed by atoms with Crippen molar-refractivity contribution in [1.29, 1.82) is 0 Å². The fourth-order valence-corrected chi connectivity index (χ4v) is 1.11. The van der Waals surface area contributed by atoms with Crippen molar-refractivity contribution in [3.8, 4) is 0 Å². The van der Waals surface area contributed by atoms with Gasteiger partial charge < -0.3 is 4.74 Å². The van der Waals surface area contributed by atoms with E-state index >= 15 is 0 Å². The molecule has 0 heterocycles. The molecule has 0 aromatic rings. The van der Waals surface area contributed by atoms with Crippen LogP contribution in [0.2, 0.25) is 0 Å². The molecule has 0 spiro atoms. The van der Waals surface area contributed by atoms with E-state index in [-0.39, 0.29) is 11.9 Å². The van der Waals surface area contributed by atoms with Crippen molar-refractivity contribution < 1.29 is 9.53 Å². The molecule has 0 saturated carbocycles. The third-order valence-corrected chi connectivity index (χ3v) is 1.85. The van der Waals surface area contributed by atoms with Crippen molar-refractivity contribution in [2.75, 3.05) is 7.11 Å². The second kappa shape index (κ2) is 7.04. The number of carbonyl (C=O) groups is 1. The fourth-order valence-electron chi connectivity index (χ4n) is 1.11. The molecule has 0 fully saturated rings. The molecule has 0 aliphatic heterocycles. The average Bonchev–Trinajstić information content (AvgIpc) is 2.07. The molecule has 1 atom stereocenters. The van der Waals surface area contributed by atoms with Gasteiger partial charge in [0, 0.05) is 13.5 Å². The molecule has 0 N–H and O–H groups in total. The number of carbonyl (C=O) groups excluding carboxylic acids is 1. The Balaban J connectivity index is 3.61. The van der Waals surface area contributed by atoms with Gasteiger partial charge in [-0.3, -0.25) is 4.79 Å². The first-order chi connectivity index (χ1) is 5.76. The first kappa shape index (κ1) is 11.4. The standard InChI is InChI=1S/C10H18O2/c1-4-6-7-8-9(11)10(5-2)12-3/h4,10H,1,5-8H2,2-3H3. The second-order valence-electron chi connectivity index (χ2n) is 2.78. The van der Waals surface area contributed by atoms with Gasteiger partial charge in [-0.2, -0.15) is 0 Å². The summed E-state index contributed by atoms with van der Waals surface area (Å²) in [6, 6.07) is 0. The van der Waals surface area contributed by atoms with Crippen LogP contribution in [-0.2, 0) is 9.53 Å². The number of ether oxygens (including phenoxy) is 1. The monoisotopic (exact) mass is 170 g/mol. The normalized spacial score (nSPS) is 12.5. The molecule has 0 aromatic heterocycles. The molecule has 2 nitrogen and oxygen atoms in total. The van der Waals surface area contributed by atoms with Gasteiger partial charge >= 0.3 is 0 Å². The summed E-state index contributed by atoms with van der Waals surface area (Å²) in [6.07, 6.45) is 4.81. The Hall–Kier alpha value is -0.630. The number of rotatable bonds is 7. The van der Waals surface area contributed by atoms with Gasteiger partial charge in [-0.25, -0.2) is 0 Å². The van der Waals surface area contributed by atoms with Crippen LogP contribution < -0.4 is 0 Å². The number of Topliss-reactive ketones (excluding diaryl/α,β-unsaturated/α-hetero) is 1. The van der Waals surface area contributed by atoms with Crippen LogP contribution in [0, 0.1) is 0 Å². The van der Waals surface area contributed by atoms with Crippen LogP contribution in [0.1, 0.15) is 32.6 Å². The molecule has 0 aromatic carbocycles. The van der Waals surface area contributed by atoms with E-state index < -0.39 is 0 Å². The van der Waals surface area contributed by atoms with E-state index in [9.17, 15) is 4.79 Å². The third-order valence-electron chi connectivity index (χ3n) is 1.85. The predicted octanol–water partition coefficient (Wildman–Crippen LogP) is 2.34. The molecule has 0 saturated heterocycles. The van der Waals surface area contributed by atoms with Crippen molar-refractivity contribution in [3.05, 3.63) is 12.7 Å². The van der Waals surface area contributed by atoms with Gasteiger partial charge in [0.1, 0.15) is 6.10 Å². The molecule has 0 aliphatic rings. The molecule has 12 heavy (non-hydrogen) atoms. The van der Waals surface area contributed by atoms with Crippen molar-refractivity contribution in [1.82, 2.24) is 0 Å². The molecule has 0 bridgehead atoms. The van der Waals surface area contributed by atoms with E-state index in [1.54, 1.807) is 7.11 Å². The smallest absolute Gasteiger partial charge is 0.161 e. The van der Waals surface area contributed by atoms with E-state index in [0.717, 1.165) is 19.3 Å². The SMILES string of the molecule is C=CCCCC(=O)C(CC)OC. The maximum Gasteiger partial charge on any atom is 0.161 e. The summed E-state index contributed by atoms with van der Waals surface area (Å²) in [7, 11) is 1.58. The van der Waals surface area contributed by atoms with Gasteiger partial charge in [0.05, 0.1) is 0 Å². The van der Waals surface area contributed by atoms with Gasteiger partial charge in [0.2, 0.25) is 0 Å². The van der Waals surface area contributed by atoms with Crippen molar-refractivity contribution in [2.24, 2.45) is 0 Å². The first-order valence-corrected chi connectivity index (χ1v) is 4.42. The van der Waals surface area contributed by atoms with Crippen LogP contribution in [0.25, 0.3) is 0 Å². The number of allylic oxidation sites excluding steroid dienone is 1. The molecular weight excluding hydrogens is 152 g/mol. The van der Waals surface area contributed by atoms with E-state index in [0.29, 0.717) is 6.42 Å². The Morgan fingerprint density at radius 3 is 2.75 bits per heavy atom. The van der Waals surface area contributed by atoms with Crippen LogP contribution in [0.3, 0.4) is 0 Å². The van der Waals surface area contributed by atoms with Gasteiger partial charge in [0.25, 0.3) is 0 Å². The van der Waals surface area contributed by atoms with E-state index in [1.165, 1.54) is 0 Å². The zero-order valence-electron chi connectivity index (χ0n) is 8.01. The van der Waals surface area contributed by atoms with Crippen LogP contribution in [0.15, 0.2) is 12.7 Å². The van der Waals surface area contributed by atoms with E-state index in [1.807, 2.05) is 13.0 Å². The maximum absolute atomic E-state index is 11.3. The lowest BCUT2D eigenvalue weighted by Gasteiger charge is -2.10. The summed E-state index contributed by atoms with van der Waals surface area (Å²) >= 11 is 0. The second-order valence-corrected chi connectivity index (χ2v) is 2.78. The summed E-state index contributed by atoms with van der Waals surface area (Å²) in [5, 5.41) is 0. The summed E-state index contributed by atoms with van der Waals surface area (Å²) < 4.78 is 5.02. The molecule has 0 rings (SSSR count). The number of unbranched alkanes of at least 4 members (excludes halogenated alkanes) is 1. The Morgan fingerprint density at radius 1 is 1.67 bits per heavy atom. The first-order valence-electron chi connectivity index (χ1n) is 4.42. The summed E-state index contributed by atoms with van der Waals surface area (Å²) in [5.74, 6) is 0.210. The minimum Gasteiger partial charge on any atom is -0.374 e. The predicted molar refractivity (Wildman–Crippen MR) is 50.1 cm³/mol. The van der Waals surface area contributed by atoms with Crippen LogP contribution >= 0.6 is 0 Å². The highest BCUT2D eigenvalue weighted by molar-refractivity contribution is 5.82. The van der Waals surface area contributed by atoms with Crippen LogP contribution in [-0.4, -0.2) is 19.0 Å². The highest BCUT2D eigenvalue weighted by Crippen LogP contribution is 2.05. The molecular formula is C10H18O2. The van der Waals surface area contributed by atoms with Gasteiger partial charge in [-0.1, -0.05) is 13.0 Å². The molecule has 0 aliphatic carbocycles. The van der Waals surface area contributed by atoms with Crippen molar-refractivity contribution >= 4 is 5.78 Å². The minimum absolute atomic E-state index is 0.199. The zero-order valence-corrected chi connectivity index (χ0v) is 8.01. The molecule has 70 valence electrons. The molecule has 1 unspecified atom stereocenters. The summed E-state index contributed by atoms with van der Waals surface area (Å²) in [6.45, 7) is 5.56. The van der Waals surface area contributed by atoms with Crippen LogP contribution in [0.4, 0.5) is 0 Å². The van der Waals surface area contributed by atoms with Gasteiger partial charge in [0.15, 0.2) is 5.78 Å². The number of hydrogen-bond donors (Lipinski definition) is 0. The number of hydrogen-bond acceptors (Lipinski definition) is 2. The maximum atomic E-state index is 11.3. The number of ketones is 1. The topological polar surface area (TPSA) is 26.3 Å². The summed E-state index contributed by atoms with van der Waals surface area (Å²) in [4.78, 5) is 11.3. The molecule has 2 heteroatoms. The Kier molecular flexibility index (Phi) is 6.67. The molecule has 0 amide bonds. The fraction of sp³-hybridized carbons (Fsp3) is 0.700. The molecule has 0 radical (unpaired) electrons. The van der Waals surface area contributed by atoms with Gasteiger partial charge in [-0.15, -0.1) is 6.58 Å². The zero-order chi connectivity index (χ0) is 9.40. The average molecular weight is 170 g/mol. The van der Waals surface area contributed by atoms with Crippen molar-refractivity contribution in [2.45, 2.75) is 38.7 Å². The Bertz CT molecular complexity index is 137. The third kappa shape index (κ3) is 4.29. The largest absolute Gasteiger partial charge is 0.374 e. The van der Waals surface area contributed by atoms with Crippen molar-refractivity contribution in [3.63, 3.8) is 0 Å². The highest BCUT2D eigenvalue weighted by Gasteiger charge is 2.13. The van der Waals surface area contributed by atoms with Gasteiger partial charge in [-0.05, 0) is 19.3 Å². The number of methoxy groups -OCH3 is 1. The quantitative estimate of drug-likeness (QED) is 0.433. The highest BCUT2D eigenvalue weighted by atomic mass is 16.5. The minimum atomic E-state index is -0.199. The lowest BCUT2D eigenvalue weighted by Crippen LogP contribution is -2.21. The Morgan fingerprint density at radius 2 is 2.33 bits per heavy atom. The summed E-state index contributed by atoms with van der Waals surface area (Å²) in [5.41, 5.74) is 0. The Labute approximate surface area is 74.6 Å².